The maximum Gasteiger partial charge on any atom is 0.318 e. The highest BCUT2D eigenvalue weighted by Crippen LogP contribution is 2.31. The molecule has 1 N–H and O–H groups in total. The van der Waals surface area contributed by atoms with Crippen molar-refractivity contribution in [2.75, 3.05) is 0 Å². The summed E-state index contributed by atoms with van der Waals surface area (Å²) in [6, 6.07) is 0.414. The van der Waals surface area contributed by atoms with Gasteiger partial charge in [-0.05, 0) is 0 Å². The molecule has 0 atom stereocenters. The van der Waals surface area contributed by atoms with Crippen LogP contribution < -0.4 is 5.32 Å². The standard InChI is InChI=1S/C8H4F2N2O3/c9-4-1-5(10)7(12(14)15)6-3(4)2-11-8(6)13/h1H,2H2,(H,11,13). The van der Waals surface area contributed by atoms with Crippen LogP contribution in [0.2, 0.25) is 0 Å². The Morgan fingerprint density at radius 1 is 1.40 bits per heavy atom. The first-order chi connectivity index (χ1) is 7.02. The van der Waals surface area contributed by atoms with Gasteiger partial charge in [0, 0.05) is 18.2 Å². The first-order valence-corrected chi connectivity index (χ1v) is 3.96. The van der Waals surface area contributed by atoms with Gasteiger partial charge in [-0.25, -0.2) is 4.39 Å². The van der Waals surface area contributed by atoms with Gasteiger partial charge in [-0.3, -0.25) is 14.9 Å². The Balaban J connectivity index is 2.81. The summed E-state index contributed by atoms with van der Waals surface area (Å²) >= 11 is 0. The van der Waals surface area contributed by atoms with E-state index in [1.807, 2.05) is 0 Å². The highest BCUT2D eigenvalue weighted by atomic mass is 19.1. The van der Waals surface area contributed by atoms with Gasteiger partial charge in [-0.15, -0.1) is 0 Å². The zero-order chi connectivity index (χ0) is 11.2. The highest BCUT2D eigenvalue weighted by molar-refractivity contribution is 6.02. The fraction of sp³-hybridized carbons (Fsp3) is 0.125. The summed E-state index contributed by atoms with van der Waals surface area (Å²) in [4.78, 5) is 20.6. The van der Waals surface area contributed by atoms with E-state index in [-0.39, 0.29) is 12.1 Å². The van der Waals surface area contributed by atoms with Gasteiger partial charge in [0.05, 0.1) is 4.92 Å². The molecule has 7 heteroatoms. The van der Waals surface area contributed by atoms with E-state index < -0.39 is 33.7 Å². The first kappa shape index (κ1) is 9.50. The molecule has 0 bridgehead atoms. The number of amides is 1. The Hall–Kier alpha value is -2.05. The molecule has 0 saturated carbocycles. The molecule has 0 radical (unpaired) electrons. The summed E-state index contributed by atoms with van der Waals surface area (Å²) in [6.07, 6.45) is 0. The zero-order valence-electron chi connectivity index (χ0n) is 7.21. The third kappa shape index (κ3) is 1.24. The monoisotopic (exact) mass is 214 g/mol. The lowest BCUT2D eigenvalue weighted by atomic mass is 10.1. The van der Waals surface area contributed by atoms with Crippen LogP contribution in [0.3, 0.4) is 0 Å². The lowest BCUT2D eigenvalue weighted by molar-refractivity contribution is -0.387. The van der Waals surface area contributed by atoms with Crippen LogP contribution in [0.5, 0.6) is 0 Å². The molecule has 0 spiro atoms. The number of rotatable bonds is 1. The van der Waals surface area contributed by atoms with E-state index in [0.717, 1.165) is 0 Å². The summed E-state index contributed by atoms with van der Waals surface area (Å²) in [5.41, 5.74) is -1.65. The third-order valence-corrected chi connectivity index (χ3v) is 2.14. The number of carbonyl (C=O) groups excluding carboxylic acids is 1. The van der Waals surface area contributed by atoms with Crippen molar-refractivity contribution in [2.24, 2.45) is 0 Å². The van der Waals surface area contributed by atoms with Crippen LogP contribution in [0.15, 0.2) is 6.07 Å². The van der Waals surface area contributed by atoms with E-state index >= 15 is 0 Å². The second kappa shape index (κ2) is 2.97. The Labute approximate surface area is 81.9 Å². The molecule has 1 heterocycles. The average Bonchev–Trinajstić information content (AvgIpc) is 2.48. The first-order valence-electron chi connectivity index (χ1n) is 3.96. The van der Waals surface area contributed by atoms with Crippen molar-refractivity contribution in [3.8, 4) is 0 Å². The van der Waals surface area contributed by atoms with Gasteiger partial charge in [0.25, 0.3) is 5.91 Å². The van der Waals surface area contributed by atoms with E-state index in [9.17, 15) is 23.7 Å². The van der Waals surface area contributed by atoms with Crippen LogP contribution in [0.4, 0.5) is 14.5 Å². The molecule has 0 aromatic heterocycles. The summed E-state index contributed by atoms with van der Waals surface area (Å²) < 4.78 is 26.2. The van der Waals surface area contributed by atoms with Crippen LogP contribution in [-0.2, 0) is 6.54 Å². The predicted octanol–water partition coefficient (Wildman–Crippen LogP) is 1.12. The third-order valence-electron chi connectivity index (χ3n) is 2.14. The van der Waals surface area contributed by atoms with E-state index in [4.69, 9.17) is 0 Å². The number of nitrogens with zero attached hydrogens (tertiary/aromatic N) is 1. The van der Waals surface area contributed by atoms with Gasteiger partial charge in [-0.2, -0.15) is 4.39 Å². The van der Waals surface area contributed by atoms with Crippen LogP contribution in [0.1, 0.15) is 15.9 Å². The summed E-state index contributed by atoms with van der Waals surface area (Å²) in [5, 5.41) is 12.7. The van der Waals surface area contributed by atoms with E-state index in [1.165, 1.54) is 0 Å². The minimum Gasteiger partial charge on any atom is -0.348 e. The van der Waals surface area contributed by atoms with Crippen molar-refractivity contribution in [3.05, 3.63) is 38.9 Å². The minimum absolute atomic E-state index is 0.152. The molecular weight excluding hydrogens is 210 g/mol. The Bertz CT molecular complexity index is 487. The van der Waals surface area contributed by atoms with Crippen LogP contribution in [0.25, 0.3) is 0 Å². The molecule has 1 amide bonds. The molecule has 1 aromatic rings. The number of carbonyl (C=O) groups is 1. The van der Waals surface area contributed by atoms with Crippen molar-refractivity contribution in [2.45, 2.75) is 6.54 Å². The number of halogens is 2. The molecule has 5 nitrogen and oxygen atoms in total. The number of nitrogens with one attached hydrogen (secondary N) is 1. The zero-order valence-corrected chi connectivity index (χ0v) is 7.21. The minimum atomic E-state index is -1.34. The molecule has 2 rings (SSSR count). The average molecular weight is 214 g/mol. The highest BCUT2D eigenvalue weighted by Gasteiger charge is 2.35. The lowest BCUT2D eigenvalue weighted by Crippen LogP contribution is -2.14. The topological polar surface area (TPSA) is 72.2 Å². The Kier molecular flexibility index (Phi) is 1.88. The molecule has 1 aliphatic heterocycles. The smallest absolute Gasteiger partial charge is 0.318 e. The van der Waals surface area contributed by atoms with Gasteiger partial charge >= 0.3 is 5.69 Å². The van der Waals surface area contributed by atoms with Gasteiger partial charge in [0.2, 0.25) is 5.82 Å². The van der Waals surface area contributed by atoms with E-state index in [1.54, 1.807) is 0 Å². The molecule has 1 aliphatic rings. The lowest BCUT2D eigenvalue weighted by Gasteiger charge is -2.00. The predicted molar refractivity (Wildman–Crippen MR) is 44.2 cm³/mol. The van der Waals surface area contributed by atoms with Gasteiger partial charge in [0.15, 0.2) is 0 Å². The van der Waals surface area contributed by atoms with Crippen LogP contribution >= 0.6 is 0 Å². The maximum atomic E-state index is 13.1. The molecule has 0 saturated heterocycles. The molecule has 0 unspecified atom stereocenters. The van der Waals surface area contributed by atoms with Gasteiger partial charge in [0.1, 0.15) is 11.4 Å². The molecule has 78 valence electrons. The molecule has 15 heavy (non-hydrogen) atoms. The number of hydrogen-bond acceptors (Lipinski definition) is 3. The second-order valence-electron chi connectivity index (χ2n) is 2.98. The number of benzene rings is 1. The van der Waals surface area contributed by atoms with Crippen molar-refractivity contribution in [3.63, 3.8) is 0 Å². The molecule has 0 fully saturated rings. The summed E-state index contributed by atoms with van der Waals surface area (Å²) in [6.45, 7) is -0.152. The maximum absolute atomic E-state index is 13.1. The quantitative estimate of drug-likeness (QED) is 0.562. The van der Waals surface area contributed by atoms with Crippen molar-refractivity contribution in [1.29, 1.82) is 0 Å². The summed E-state index contributed by atoms with van der Waals surface area (Å²) in [7, 11) is 0. The van der Waals surface area contributed by atoms with Crippen LogP contribution in [0, 0.1) is 21.7 Å². The molecule has 0 aliphatic carbocycles. The largest absolute Gasteiger partial charge is 0.348 e. The fourth-order valence-corrected chi connectivity index (χ4v) is 1.50. The number of nitro groups is 1. The van der Waals surface area contributed by atoms with Crippen LogP contribution in [-0.4, -0.2) is 10.8 Å². The SMILES string of the molecule is O=C1NCc2c(F)cc(F)c([N+](=O)[O-])c21. The van der Waals surface area contributed by atoms with E-state index in [0.29, 0.717) is 6.07 Å². The Morgan fingerprint density at radius 2 is 2.07 bits per heavy atom. The van der Waals surface area contributed by atoms with Gasteiger partial charge in [-0.1, -0.05) is 0 Å². The second-order valence-corrected chi connectivity index (χ2v) is 2.98. The molecule has 1 aromatic carbocycles. The number of fused-ring (bicyclic) bond motifs is 1. The normalized spacial score (nSPS) is 13.6. The molecular formula is C8H4F2N2O3. The summed E-state index contributed by atoms with van der Waals surface area (Å²) in [5.74, 6) is -3.12. The number of nitro benzene ring substituents is 1. The fourth-order valence-electron chi connectivity index (χ4n) is 1.50. The van der Waals surface area contributed by atoms with Crippen molar-refractivity contribution < 1.29 is 18.5 Å². The number of hydrogen-bond donors (Lipinski definition) is 1. The van der Waals surface area contributed by atoms with E-state index in [2.05, 4.69) is 5.32 Å². The van der Waals surface area contributed by atoms with Crippen molar-refractivity contribution >= 4 is 11.6 Å². The Morgan fingerprint density at radius 3 is 2.67 bits per heavy atom. The van der Waals surface area contributed by atoms with Crippen molar-refractivity contribution in [1.82, 2.24) is 5.32 Å². The van der Waals surface area contributed by atoms with Gasteiger partial charge < -0.3 is 5.32 Å².